The standard InChI is InChI=1S/C20H19N5O2S/c26-19(23-10-15-4-2-1-3-5-15)17-12-28-14-25(17)20(27)16-6-7-18(22-11-16)24-9-8-21-13-24/h1-9,11,13,17H,10,12,14H2,(H,23,26)/t17-/m0/s1. The number of benzene rings is 1. The summed E-state index contributed by atoms with van der Waals surface area (Å²) in [6.45, 7) is 0.448. The van der Waals surface area contributed by atoms with E-state index >= 15 is 0 Å². The number of nitrogens with one attached hydrogen (secondary N) is 1. The van der Waals surface area contributed by atoms with Gasteiger partial charge in [0.05, 0.1) is 11.4 Å². The van der Waals surface area contributed by atoms with Crippen LogP contribution in [0, 0.1) is 0 Å². The highest BCUT2D eigenvalue weighted by Gasteiger charge is 2.35. The van der Waals surface area contributed by atoms with Gasteiger partial charge in [-0.3, -0.25) is 14.2 Å². The van der Waals surface area contributed by atoms with E-state index in [-0.39, 0.29) is 11.8 Å². The number of rotatable bonds is 5. The Hall–Kier alpha value is -3.13. The van der Waals surface area contributed by atoms with Gasteiger partial charge >= 0.3 is 0 Å². The van der Waals surface area contributed by atoms with E-state index in [4.69, 9.17) is 0 Å². The summed E-state index contributed by atoms with van der Waals surface area (Å²) in [5.41, 5.74) is 1.49. The van der Waals surface area contributed by atoms with Crippen molar-refractivity contribution in [3.63, 3.8) is 0 Å². The molecule has 1 aliphatic heterocycles. The number of hydrogen-bond acceptors (Lipinski definition) is 5. The predicted molar refractivity (Wildman–Crippen MR) is 107 cm³/mol. The van der Waals surface area contributed by atoms with Crippen molar-refractivity contribution in [1.82, 2.24) is 24.8 Å². The van der Waals surface area contributed by atoms with Gasteiger partial charge in [0.15, 0.2) is 0 Å². The summed E-state index contributed by atoms with van der Waals surface area (Å²) in [7, 11) is 0. The van der Waals surface area contributed by atoms with Crippen LogP contribution in [0.2, 0.25) is 0 Å². The second kappa shape index (κ2) is 8.26. The van der Waals surface area contributed by atoms with Crippen LogP contribution in [0.15, 0.2) is 67.4 Å². The van der Waals surface area contributed by atoms with Crippen LogP contribution in [-0.4, -0.2) is 48.9 Å². The lowest BCUT2D eigenvalue weighted by atomic mass is 10.2. The summed E-state index contributed by atoms with van der Waals surface area (Å²) in [4.78, 5) is 35.5. The Morgan fingerprint density at radius 2 is 2.04 bits per heavy atom. The Bertz CT molecular complexity index is 944. The van der Waals surface area contributed by atoms with Gasteiger partial charge < -0.3 is 10.2 Å². The highest BCUT2D eigenvalue weighted by atomic mass is 32.2. The van der Waals surface area contributed by atoms with Crippen molar-refractivity contribution in [2.24, 2.45) is 0 Å². The van der Waals surface area contributed by atoms with Crippen LogP contribution in [0.4, 0.5) is 0 Å². The molecule has 0 bridgehead atoms. The summed E-state index contributed by atoms with van der Waals surface area (Å²) < 4.78 is 1.76. The summed E-state index contributed by atoms with van der Waals surface area (Å²) in [6, 6.07) is 12.7. The fraction of sp³-hybridized carbons (Fsp3) is 0.200. The molecule has 7 nitrogen and oxygen atoms in total. The normalized spacial score (nSPS) is 16.1. The van der Waals surface area contributed by atoms with Crippen LogP contribution >= 0.6 is 11.8 Å². The first-order valence-electron chi connectivity index (χ1n) is 8.87. The van der Waals surface area contributed by atoms with E-state index in [1.54, 1.807) is 58.3 Å². The summed E-state index contributed by atoms with van der Waals surface area (Å²) in [5, 5.41) is 2.93. The third-order valence-electron chi connectivity index (χ3n) is 4.52. The fourth-order valence-electron chi connectivity index (χ4n) is 2.99. The average molecular weight is 393 g/mol. The topological polar surface area (TPSA) is 80.1 Å². The maximum atomic E-state index is 12.9. The lowest BCUT2D eigenvalue weighted by Crippen LogP contribution is -2.47. The lowest BCUT2D eigenvalue weighted by Gasteiger charge is -2.23. The zero-order valence-corrected chi connectivity index (χ0v) is 15.9. The number of aromatic nitrogens is 3. The van der Waals surface area contributed by atoms with E-state index in [0.717, 1.165) is 5.56 Å². The maximum absolute atomic E-state index is 12.9. The molecule has 1 saturated heterocycles. The molecule has 0 radical (unpaired) electrons. The van der Waals surface area contributed by atoms with Crippen LogP contribution in [0.5, 0.6) is 0 Å². The molecule has 0 unspecified atom stereocenters. The van der Waals surface area contributed by atoms with Gasteiger partial charge in [0.25, 0.3) is 5.91 Å². The largest absolute Gasteiger partial charge is 0.350 e. The molecule has 0 spiro atoms. The average Bonchev–Trinajstić information content (AvgIpc) is 3.44. The van der Waals surface area contributed by atoms with Crippen LogP contribution in [0.1, 0.15) is 15.9 Å². The van der Waals surface area contributed by atoms with Gasteiger partial charge in [-0.05, 0) is 17.7 Å². The van der Waals surface area contributed by atoms with E-state index in [9.17, 15) is 9.59 Å². The molecule has 0 aliphatic carbocycles. The first-order valence-corrected chi connectivity index (χ1v) is 10.0. The Kier molecular flexibility index (Phi) is 5.38. The predicted octanol–water partition coefficient (Wildman–Crippen LogP) is 2.10. The van der Waals surface area contributed by atoms with Crippen molar-refractivity contribution in [1.29, 1.82) is 0 Å². The first kappa shape index (κ1) is 18.2. The van der Waals surface area contributed by atoms with E-state index in [0.29, 0.717) is 29.6 Å². The van der Waals surface area contributed by atoms with E-state index < -0.39 is 6.04 Å². The number of carbonyl (C=O) groups is 2. The molecule has 28 heavy (non-hydrogen) atoms. The molecule has 1 aliphatic rings. The molecule has 8 heteroatoms. The van der Waals surface area contributed by atoms with Crippen LogP contribution in [0.3, 0.4) is 0 Å². The van der Waals surface area contributed by atoms with E-state index in [1.807, 2.05) is 30.3 Å². The van der Waals surface area contributed by atoms with E-state index in [1.165, 1.54) is 0 Å². The quantitative estimate of drug-likeness (QED) is 0.718. The molecule has 2 aromatic heterocycles. The van der Waals surface area contributed by atoms with Crippen LogP contribution in [0.25, 0.3) is 5.82 Å². The highest BCUT2D eigenvalue weighted by Crippen LogP contribution is 2.23. The minimum atomic E-state index is -0.477. The SMILES string of the molecule is O=C(NCc1ccccc1)[C@@H]1CSCN1C(=O)c1ccc(-n2ccnc2)nc1. The molecular weight excluding hydrogens is 374 g/mol. The number of amides is 2. The van der Waals surface area contributed by atoms with Gasteiger partial charge in [-0.25, -0.2) is 9.97 Å². The zero-order chi connectivity index (χ0) is 19.3. The molecule has 142 valence electrons. The van der Waals surface area contributed by atoms with Crippen LogP contribution in [-0.2, 0) is 11.3 Å². The van der Waals surface area contributed by atoms with Gasteiger partial charge in [0.1, 0.15) is 18.2 Å². The number of hydrogen-bond donors (Lipinski definition) is 1. The molecule has 0 saturated carbocycles. The second-order valence-corrected chi connectivity index (χ2v) is 7.37. The van der Waals surface area contributed by atoms with Crippen molar-refractivity contribution in [3.05, 3.63) is 78.5 Å². The van der Waals surface area contributed by atoms with Gasteiger partial charge in [-0.1, -0.05) is 30.3 Å². The van der Waals surface area contributed by atoms with Gasteiger partial charge in [-0.15, -0.1) is 11.8 Å². The van der Waals surface area contributed by atoms with Crippen LogP contribution < -0.4 is 5.32 Å². The van der Waals surface area contributed by atoms with E-state index in [2.05, 4.69) is 15.3 Å². The summed E-state index contributed by atoms with van der Waals surface area (Å²) in [6.07, 6.45) is 6.64. The molecular formula is C20H19N5O2S. The molecule has 1 N–H and O–H groups in total. The fourth-order valence-corrected chi connectivity index (χ4v) is 4.14. The van der Waals surface area contributed by atoms with Gasteiger partial charge in [-0.2, -0.15) is 0 Å². The first-order chi connectivity index (χ1) is 13.7. The Morgan fingerprint density at radius 3 is 2.75 bits per heavy atom. The third-order valence-corrected chi connectivity index (χ3v) is 5.53. The van der Waals surface area contributed by atoms with Gasteiger partial charge in [0, 0.05) is 30.9 Å². The zero-order valence-electron chi connectivity index (χ0n) is 15.1. The molecule has 1 aromatic carbocycles. The Labute approximate surface area is 166 Å². The minimum Gasteiger partial charge on any atom is -0.350 e. The molecule has 1 atom stereocenters. The summed E-state index contributed by atoms with van der Waals surface area (Å²) in [5.74, 6) is 1.44. The number of thioether (sulfide) groups is 1. The molecule has 1 fully saturated rings. The molecule has 3 aromatic rings. The minimum absolute atomic E-state index is 0.134. The second-order valence-electron chi connectivity index (χ2n) is 6.37. The van der Waals surface area contributed by atoms with Crippen molar-refractivity contribution in [2.75, 3.05) is 11.6 Å². The summed E-state index contributed by atoms with van der Waals surface area (Å²) >= 11 is 1.58. The number of pyridine rings is 1. The third kappa shape index (κ3) is 3.91. The number of imidazole rings is 1. The Morgan fingerprint density at radius 1 is 1.18 bits per heavy atom. The molecule has 4 rings (SSSR count). The van der Waals surface area contributed by atoms with Gasteiger partial charge in [0.2, 0.25) is 5.91 Å². The smallest absolute Gasteiger partial charge is 0.256 e. The maximum Gasteiger partial charge on any atom is 0.256 e. The van der Waals surface area contributed by atoms with Crippen molar-refractivity contribution in [2.45, 2.75) is 12.6 Å². The number of carbonyl (C=O) groups excluding carboxylic acids is 2. The van der Waals surface area contributed by atoms with Crippen molar-refractivity contribution in [3.8, 4) is 5.82 Å². The molecule has 2 amide bonds. The Balaban J connectivity index is 1.42. The van der Waals surface area contributed by atoms with Crippen molar-refractivity contribution >= 4 is 23.6 Å². The number of nitrogens with zero attached hydrogens (tertiary/aromatic N) is 4. The molecule has 3 heterocycles. The van der Waals surface area contributed by atoms with Crippen molar-refractivity contribution < 1.29 is 9.59 Å². The lowest BCUT2D eigenvalue weighted by molar-refractivity contribution is -0.124. The monoisotopic (exact) mass is 393 g/mol. The highest BCUT2D eigenvalue weighted by molar-refractivity contribution is 7.99.